The number of piperidine rings is 1. The molecule has 3 aliphatic rings. The zero-order valence-electron chi connectivity index (χ0n) is 19.2. The lowest BCUT2D eigenvalue weighted by Crippen LogP contribution is -2.50. The molecule has 34 heavy (non-hydrogen) atoms. The van der Waals surface area contributed by atoms with Gasteiger partial charge in [-0.25, -0.2) is 15.0 Å². The van der Waals surface area contributed by atoms with E-state index in [1.54, 1.807) is 0 Å². The molecule has 0 aromatic carbocycles. The van der Waals surface area contributed by atoms with Gasteiger partial charge in [-0.2, -0.15) is 5.10 Å². The number of pyridine rings is 1. The first kappa shape index (κ1) is 21.2. The third-order valence-electron chi connectivity index (χ3n) is 7.67. The Morgan fingerprint density at radius 1 is 1.26 bits per heavy atom. The summed E-state index contributed by atoms with van der Waals surface area (Å²) in [6, 6.07) is 3.91. The van der Waals surface area contributed by atoms with Crippen molar-refractivity contribution in [1.82, 2.24) is 25.1 Å². The minimum absolute atomic E-state index is 0.0766. The molecule has 4 N–H and O–H groups in total. The Labute approximate surface area is 197 Å². The van der Waals surface area contributed by atoms with Crippen LogP contribution in [0.25, 0.3) is 11.2 Å². The molecule has 6 heterocycles. The fraction of sp³-hybridized carbons (Fsp3) is 0.522. The number of nitrogens with one attached hydrogen (secondary N) is 1. The van der Waals surface area contributed by atoms with Gasteiger partial charge in [-0.05, 0) is 44.7 Å². The van der Waals surface area contributed by atoms with Crippen molar-refractivity contribution in [2.24, 2.45) is 16.3 Å². The SMILES string of the molecule is C[C@@H]1OCC2(CCN(c3cnc4c(N5CCCc6nc(/C=N/O)ccc65)n[nH]c4n3)CC2)[C@@H]1N. The second-order valence-electron chi connectivity index (χ2n) is 9.57. The van der Waals surface area contributed by atoms with Gasteiger partial charge in [0.05, 0.1) is 42.2 Å². The molecular formula is C23H29N9O2. The molecule has 6 rings (SSSR count). The van der Waals surface area contributed by atoms with Crippen LogP contribution in [0.1, 0.15) is 37.6 Å². The van der Waals surface area contributed by atoms with Crippen molar-refractivity contribution in [3.05, 3.63) is 29.7 Å². The normalized spacial score (nSPS) is 24.4. The third kappa shape index (κ3) is 3.38. The molecule has 3 aromatic rings. The summed E-state index contributed by atoms with van der Waals surface area (Å²) in [6.07, 6.45) is 7.10. The maximum Gasteiger partial charge on any atom is 0.183 e. The Hall–Kier alpha value is -3.31. The van der Waals surface area contributed by atoms with Crippen LogP contribution in [0.15, 0.2) is 23.5 Å². The summed E-state index contributed by atoms with van der Waals surface area (Å²) in [5.41, 5.74) is 10.5. The van der Waals surface area contributed by atoms with E-state index in [-0.39, 0.29) is 17.6 Å². The second-order valence-corrected chi connectivity index (χ2v) is 9.57. The molecule has 0 saturated carbocycles. The number of hydrogen-bond acceptors (Lipinski definition) is 10. The molecule has 2 atom stereocenters. The predicted octanol–water partition coefficient (Wildman–Crippen LogP) is 1.97. The predicted molar refractivity (Wildman–Crippen MR) is 128 cm³/mol. The molecule has 3 aromatic heterocycles. The number of hydrogen-bond donors (Lipinski definition) is 3. The number of nitrogens with zero attached hydrogens (tertiary/aromatic N) is 7. The number of oxime groups is 1. The highest BCUT2D eigenvalue weighted by Crippen LogP contribution is 2.42. The number of ether oxygens (including phenoxy) is 1. The zero-order valence-corrected chi connectivity index (χ0v) is 19.2. The highest BCUT2D eigenvalue weighted by atomic mass is 16.5. The number of aromatic amines is 1. The van der Waals surface area contributed by atoms with Crippen LogP contribution >= 0.6 is 0 Å². The highest BCUT2D eigenvalue weighted by Gasteiger charge is 2.47. The Bertz CT molecular complexity index is 1230. The molecule has 3 aliphatic heterocycles. The van der Waals surface area contributed by atoms with Crippen LogP contribution in [-0.2, 0) is 11.2 Å². The van der Waals surface area contributed by atoms with Crippen molar-refractivity contribution in [3.8, 4) is 0 Å². The minimum Gasteiger partial charge on any atom is -0.411 e. The first-order chi connectivity index (χ1) is 16.6. The molecule has 11 heteroatoms. The Morgan fingerprint density at radius 3 is 2.88 bits per heavy atom. The number of aromatic nitrogens is 5. The van der Waals surface area contributed by atoms with Crippen LogP contribution in [0.3, 0.4) is 0 Å². The van der Waals surface area contributed by atoms with E-state index in [0.29, 0.717) is 11.3 Å². The molecule has 178 valence electrons. The van der Waals surface area contributed by atoms with Gasteiger partial charge >= 0.3 is 0 Å². The maximum absolute atomic E-state index is 8.81. The molecule has 2 saturated heterocycles. The number of H-pyrrole nitrogens is 1. The van der Waals surface area contributed by atoms with Crippen LogP contribution in [0.5, 0.6) is 0 Å². The van der Waals surface area contributed by atoms with Crippen molar-refractivity contribution >= 4 is 34.7 Å². The van der Waals surface area contributed by atoms with Crippen molar-refractivity contribution in [2.45, 2.75) is 44.8 Å². The number of fused-ring (bicyclic) bond motifs is 2. The van der Waals surface area contributed by atoms with Crippen LogP contribution < -0.4 is 15.5 Å². The van der Waals surface area contributed by atoms with Gasteiger partial charge in [0.25, 0.3) is 0 Å². The number of nitrogens with two attached hydrogens (primary N) is 1. The average molecular weight is 464 g/mol. The summed E-state index contributed by atoms with van der Waals surface area (Å²) >= 11 is 0. The Kier molecular flexibility index (Phi) is 5.10. The van der Waals surface area contributed by atoms with Gasteiger partial charge in [0.15, 0.2) is 17.0 Å². The highest BCUT2D eigenvalue weighted by molar-refractivity contribution is 5.88. The molecule has 0 amide bonds. The first-order valence-electron chi connectivity index (χ1n) is 11.9. The molecule has 2 fully saturated rings. The van der Waals surface area contributed by atoms with E-state index in [2.05, 4.69) is 37.1 Å². The van der Waals surface area contributed by atoms with E-state index in [1.807, 2.05) is 18.3 Å². The standard InChI is InChI=1S/C23H29N9O2/c1-14-20(24)23(13-34-14)6-9-31(10-7-23)18-12-25-19-21(28-18)29-30-22(19)32-8-2-3-16-17(32)5-4-15(27-16)11-26-33/h4-5,11-12,14,20,33H,2-3,6-10,13,24H2,1H3,(H,28,29,30)/b26-11+/t14-,20+/m0/s1. The first-order valence-corrected chi connectivity index (χ1v) is 11.9. The van der Waals surface area contributed by atoms with Crippen molar-refractivity contribution in [2.75, 3.05) is 36.0 Å². The smallest absolute Gasteiger partial charge is 0.183 e. The van der Waals surface area contributed by atoms with Gasteiger partial charge in [0, 0.05) is 31.1 Å². The van der Waals surface area contributed by atoms with Gasteiger partial charge in [0.1, 0.15) is 5.82 Å². The van der Waals surface area contributed by atoms with E-state index in [0.717, 1.165) is 80.5 Å². The topological polar surface area (TPSA) is 142 Å². The van der Waals surface area contributed by atoms with Crippen molar-refractivity contribution in [3.63, 3.8) is 0 Å². The molecule has 0 unspecified atom stereocenters. The largest absolute Gasteiger partial charge is 0.411 e. The summed E-state index contributed by atoms with van der Waals surface area (Å²) in [7, 11) is 0. The average Bonchev–Trinajstić information content (AvgIpc) is 3.41. The van der Waals surface area contributed by atoms with E-state index >= 15 is 0 Å². The van der Waals surface area contributed by atoms with Crippen LogP contribution in [0, 0.1) is 5.41 Å². The van der Waals surface area contributed by atoms with Gasteiger partial charge in [-0.3, -0.25) is 5.10 Å². The molecule has 0 bridgehead atoms. The van der Waals surface area contributed by atoms with E-state index in [4.69, 9.17) is 25.6 Å². The molecule has 11 nitrogen and oxygen atoms in total. The van der Waals surface area contributed by atoms with Crippen LogP contribution in [0.4, 0.5) is 17.3 Å². The van der Waals surface area contributed by atoms with Crippen molar-refractivity contribution < 1.29 is 9.94 Å². The molecular weight excluding hydrogens is 434 g/mol. The lowest BCUT2D eigenvalue weighted by molar-refractivity contribution is 0.0974. The third-order valence-corrected chi connectivity index (χ3v) is 7.67. The molecule has 0 aliphatic carbocycles. The Balaban J connectivity index is 1.24. The summed E-state index contributed by atoms with van der Waals surface area (Å²) in [6.45, 7) is 5.41. The summed E-state index contributed by atoms with van der Waals surface area (Å²) in [5, 5.41) is 19.5. The van der Waals surface area contributed by atoms with Crippen molar-refractivity contribution in [1.29, 1.82) is 0 Å². The van der Waals surface area contributed by atoms with E-state index in [1.165, 1.54) is 6.21 Å². The molecule has 1 spiro atoms. The zero-order chi connectivity index (χ0) is 23.3. The number of anilines is 3. The van der Waals surface area contributed by atoms with E-state index in [9.17, 15) is 0 Å². The van der Waals surface area contributed by atoms with Gasteiger partial charge < -0.3 is 25.5 Å². The Morgan fingerprint density at radius 2 is 2.12 bits per heavy atom. The van der Waals surface area contributed by atoms with Gasteiger partial charge in [-0.15, -0.1) is 0 Å². The van der Waals surface area contributed by atoms with Gasteiger partial charge in [-0.1, -0.05) is 5.16 Å². The second kappa shape index (κ2) is 8.17. The van der Waals surface area contributed by atoms with E-state index < -0.39 is 0 Å². The van der Waals surface area contributed by atoms with Crippen LogP contribution in [-0.4, -0.2) is 75.0 Å². The summed E-state index contributed by atoms with van der Waals surface area (Å²) < 4.78 is 5.85. The summed E-state index contributed by atoms with van der Waals surface area (Å²) in [4.78, 5) is 18.6. The fourth-order valence-electron chi connectivity index (χ4n) is 5.59. The lowest BCUT2D eigenvalue weighted by Gasteiger charge is -2.41. The lowest BCUT2D eigenvalue weighted by atomic mass is 9.73. The summed E-state index contributed by atoms with van der Waals surface area (Å²) in [5.74, 6) is 1.60. The molecule has 0 radical (unpaired) electrons. The maximum atomic E-state index is 8.81. The fourth-order valence-corrected chi connectivity index (χ4v) is 5.59. The number of aryl methyl sites for hydroxylation is 1. The van der Waals surface area contributed by atoms with Gasteiger partial charge in [0.2, 0.25) is 0 Å². The van der Waals surface area contributed by atoms with Crippen LogP contribution in [0.2, 0.25) is 0 Å². The monoisotopic (exact) mass is 463 g/mol. The number of rotatable bonds is 3. The quantitative estimate of drug-likeness (QED) is 0.302. The minimum atomic E-state index is 0.0766.